The zero-order chi connectivity index (χ0) is 18.2. The zero-order valence-corrected chi connectivity index (χ0v) is 15.4. The molecule has 1 aliphatic carbocycles. The van der Waals surface area contributed by atoms with E-state index >= 15 is 0 Å². The monoisotopic (exact) mass is 360 g/mol. The lowest BCUT2D eigenvalue weighted by atomic mass is 10.0. The number of methoxy groups -OCH3 is 1. The van der Waals surface area contributed by atoms with Gasteiger partial charge in [0.2, 0.25) is 0 Å². The first-order valence-corrected chi connectivity index (χ1v) is 9.40. The molecule has 26 heavy (non-hydrogen) atoms. The Balaban J connectivity index is 1.56. The first kappa shape index (κ1) is 19.1. The summed E-state index contributed by atoms with van der Waals surface area (Å²) in [7, 11) is 1.43. The zero-order valence-electron chi connectivity index (χ0n) is 15.4. The Morgan fingerprint density at radius 1 is 1.19 bits per heavy atom. The van der Waals surface area contributed by atoms with E-state index in [1.165, 1.54) is 7.11 Å². The highest BCUT2D eigenvalue weighted by Gasteiger charge is 2.31. The molecular weight excluding hydrogens is 332 g/mol. The predicted molar refractivity (Wildman–Crippen MR) is 97.4 cm³/mol. The lowest BCUT2D eigenvalue weighted by molar-refractivity contribution is -0.182. The van der Waals surface area contributed by atoms with E-state index in [1.807, 2.05) is 30.3 Å². The molecule has 2 aliphatic rings. The van der Waals surface area contributed by atoms with Crippen LogP contribution in [0.25, 0.3) is 0 Å². The summed E-state index contributed by atoms with van der Waals surface area (Å²) in [5.74, 6) is -0.0586. The lowest BCUT2D eigenvalue weighted by Crippen LogP contribution is -2.29. The Labute approximate surface area is 155 Å². The number of hydrogen-bond donors (Lipinski definition) is 0. The van der Waals surface area contributed by atoms with Crippen molar-refractivity contribution < 1.29 is 23.7 Å². The topological polar surface area (TPSA) is 54.0 Å². The average molecular weight is 360 g/mol. The molecule has 0 bridgehead atoms. The second kappa shape index (κ2) is 9.86. The fourth-order valence-corrected chi connectivity index (χ4v) is 3.49. The van der Waals surface area contributed by atoms with Crippen LogP contribution in [0.4, 0.5) is 0 Å². The predicted octanol–water partition coefficient (Wildman–Crippen LogP) is 3.62. The number of benzene rings is 1. The molecule has 0 N–H and O–H groups in total. The molecule has 0 amide bonds. The van der Waals surface area contributed by atoms with Crippen LogP contribution in [0.2, 0.25) is 0 Å². The van der Waals surface area contributed by atoms with Crippen LogP contribution in [0.5, 0.6) is 0 Å². The number of rotatable bonds is 8. The van der Waals surface area contributed by atoms with Crippen LogP contribution in [0.1, 0.15) is 37.7 Å². The second-order valence-electron chi connectivity index (χ2n) is 6.92. The third-order valence-corrected chi connectivity index (χ3v) is 4.87. The molecule has 0 aromatic heterocycles. The molecule has 3 atom stereocenters. The van der Waals surface area contributed by atoms with Crippen molar-refractivity contribution in [1.82, 2.24) is 0 Å². The van der Waals surface area contributed by atoms with E-state index in [-0.39, 0.29) is 24.3 Å². The lowest BCUT2D eigenvalue weighted by Gasteiger charge is -2.27. The smallest absolute Gasteiger partial charge is 0.306 e. The fraction of sp³-hybridized carbons (Fsp3) is 0.571. The van der Waals surface area contributed by atoms with Crippen LogP contribution in [0, 0.1) is 5.92 Å². The number of hydrogen-bond acceptors (Lipinski definition) is 5. The van der Waals surface area contributed by atoms with Crippen molar-refractivity contribution in [2.24, 2.45) is 5.92 Å². The molecule has 3 unspecified atom stereocenters. The molecule has 1 saturated heterocycles. The minimum absolute atomic E-state index is 0.0523. The number of carbonyl (C=O) groups excluding carboxylic acids is 1. The van der Waals surface area contributed by atoms with Gasteiger partial charge in [-0.2, -0.15) is 0 Å². The van der Waals surface area contributed by atoms with Crippen molar-refractivity contribution in [3.05, 3.63) is 47.5 Å². The number of esters is 1. The van der Waals surface area contributed by atoms with Crippen molar-refractivity contribution in [2.75, 3.05) is 20.3 Å². The van der Waals surface area contributed by atoms with Gasteiger partial charge in [0.15, 0.2) is 6.29 Å². The quantitative estimate of drug-likeness (QED) is 0.523. The van der Waals surface area contributed by atoms with Crippen LogP contribution < -0.4 is 0 Å². The van der Waals surface area contributed by atoms with E-state index in [1.54, 1.807) is 0 Å². The van der Waals surface area contributed by atoms with Crippen LogP contribution in [-0.4, -0.2) is 38.7 Å². The summed E-state index contributed by atoms with van der Waals surface area (Å²) in [6, 6.07) is 10.1. The Kier molecular flexibility index (Phi) is 7.23. The number of ether oxygens (including phenoxy) is 4. The largest absolute Gasteiger partial charge is 0.469 e. The van der Waals surface area contributed by atoms with Gasteiger partial charge >= 0.3 is 5.97 Å². The van der Waals surface area contributed by atoms with Crippen molar-refractivity contribution in [3.63, 3.8) is 0 Å². The van der Waals surface area contributed by atoms with Gasteiger partial charge in [0, 0.05) is 6.61 Å². The molecule has 0 spiro atoms. The van der Waals surface area contributed by atoms with Crippen molar-refractivity contribution >= 4 is 5.97 Å². The molecule has 3 rings (SSSR count). The van der Waals surface area contributed by atoms with Crippen molar-refractivity contribution in [2.45, 2.75) is 51.1 Å². The Bertz CT molecular complexity index is 592. The normalized spacial score (nSPS) is 25.7. The number of carbonyl (C=O) groups is 1. The molecule has 1 aliphatic heterocycles. The molecule has 5 nitrogen and oxygen atoms in total. The van der Waals surface area contributed by atoms with Gasteiger partial charge in [0.1, 0.15) is 0 Å². The third kappa shape index (κ3) is 5.66. The molecule has 1 fully saturated rings. The van der Waals surface area contributed by atoms with Gasteiger partial charge in [-0.25, -0.2) is 0 Å². The van der Waals surface area contributed by atoms with E-state index in [0.717, 1.165) is 43.4 Å². The van der Waals surface area contributed by atoms with Gasteiger partial charge in [-0.05, 0) is 42.7 Å². The maximum atomic E-state index is 11.6. The molecule has 1 heterocycles. The Hall–Kier alpha value is -1.69. The summed E-state index contributed by atoms with van der Waals surface area (Å²) in [6.45, 7) is 1.82. The summed E-state index contributed by atoms with van der Waals surface area (Å²) >= 11 is 0. The Morgan fingerprint density at radius 2 is 2.04 bits per heavy atom. The van der Waals surface area contributed by atoms with E-state index < -0.39 is 0 Å². The maximum Gasteiger partial charge on any atom is 0.306 e. The average Bonchev–Trinajstić information content (AvgIpc) is 3.04. The van der Waals surface area contributed by atoms with Crippen molar-refractivity contribution in [3.8, 4) is 0 Å². The van der Waals surface area contributed by atoms with Gasteiger partial charge in [-0.3, -0.25) is 4.79 Å². The summed E-state index contributed by atoms with van der Waals surface area (Å²) in [5, 5.41) is 0. The molecule has 1 aromatic rings. The Morgan fingerprint density at radius 3 is 2.77 bits per heavy atom. The summed E-state index contributed by atoms with van der Waals surface area (Å²) in [4.78, 5) is 11.6. The molecule has 0 saturated carbocycles. The van der Waals surface area contributed by atoms with E-state index in [2.05, 4.69) is 6.08 Å². The molecule has 0 radical (unpaired) electrons. The van der Waals surface area contributed by atoms with Gasteiger partial charge in [0.05, 0.1) is 32.8 Å². The van der Waals surface area contributed by atoms with Crippen LogP contribution in [0.3, 0.4) is 0 Å². The molecular formula is C21H28O5. The minimum Gasteiger partial charge on any atom is -0.469 e. The highest BCUT2D eigenvalue weighted by Crippen LogP contribution is 2.32. The molecule has 142 valence electrons. The summed E-state index contributed by atoms with van der Waals surface area (Å²) in [6.07, 6.45) is 6.23. The molecule has 1 aromatic carbocycles. The first-order valence-electron chi connectivity index (χ1n) is 9.40. The van der Waals surface area contributed by atoms with E-state index in [9.17, 15) is 4.79 Å². The van der Waals surface area contributed by atoms with Crippen LogP contribution in [0.15, 0.2) is 42.0 Å². The van der Waals surface area contributed by atoms with Gasteiger partial charge in [-0.1, -0.05) is 36.4 Å². The molecule has 5 heteroatoms. The third-order valence-electron chi connectivity index (χ3n) is 4.87. The number of allylic oxidation sites excluding steroid dienone is 1. The van der Waals surface area contributed by atoms with Crippen molar-refractivity contribution in [1.29, 1.82) is 0 Å². The summed E-state index contributed by atoms with van der Waals surface area (Å²) < 4.78 is 22.6. The van der Waals surface area contributed by atoms with E-state index in [4.69, 9.17) is 18.9 Å². The first-order chi connectivity index (χ1) is 12.7. The minimum atomic E-state index is -0.189. The summed E-state index contributed by atoms with van der Waals surface area (Å²) in [5.41, 5.74) is 2.24. The fourth-order valence-electron chi connectivity index (χ4n) is 3.49. The highest BCUT2D eigenvalue weighted by molar-refractivity contribution is 5.69. The standard InChI is InChI=1S/C21H28O5/c1-23-20(22)13-17-11-18(15-24-14-16-7-3-2-4-8-16)19(12-17)26-21-9-5-6-10-25-21/h2-4,7-8,11,17,19,21H,5-6,9-10,12-15H2,1H3. The van der Waals surface area contributed by atoms with E-state index in [0.29, 0.717) is 19.6 Å². The van der Waals surface area contributed by atoms with Gasteiger partial charge < -0.3 is 18.9 Å². The maximum absolute atomic E-state index is 11.6. The SMILES string of the molecule is COC(=O)CC1C=C(COCc2ccccc2)C(OC2CCCCO2)C1. The second-order valence-corrected chi connectivity index (χ2v) is 6.92. The highest BCUT2D eigenvalue weighted by atomic mass is 16.7. The van der Waals surface area contributed by atoms with Crippen LogP contribution >= 0.6 is 0 Å². The van der Waals surface area contributed by atoms with Gasteiger partial charge in [-0.15, -0.1) is 0 Å². The van der Waals surface area contributed by atoms with Crippen LogP contribution in [-0.2, 0) is 30.3 Å². The van der Waals surface area contributed by atoms with Gasteiger partial charge in [0.25, 0.3) is 0 Å².